The van der Waals surface area contributed by atoms with Gasteiger partial charge in [0.25, 0.3) is 0 Å². The van der Waals surface area contributed by atoms with Crippen molar-refractivity contribution < 1.29 is 27.8 Å². The van der Waals surface area contributed by atoms with E-state index in [0.717, 1.165) is 71.5 Å². The van der Waals surface area contributed by atoms with Crippen molar-refractivity contribution in [3.05, 3.63) is 118 Å². The van der Waals surface area contributed by atoms with Gasteiger partial charge in [-0.1, -0.05) is 60.1 Å². The van der Waals surface area contributed by atoms with Crippen molar-refractivity contribution in [2.45, 2.75) is 44.5 Å². The van der Waals surface area contributed by atoms with Crippen molar-refractivity contribution in [2.75, 3.05) is 6.54 Å². The Morgan fingerprint density at radius 1 is 0.977 bits per heavy atom. The molecule has 1 heterocycles. The van der Waals surface area contributed by atoms with Crippen LogP contribution in [0.25, 0.3) is 11.1 Å². The predicted molar refractivity (Wildman–Crippen MR) is 166 cm³/mol. The van der Waals surface area contributed by atoms with Crippen LogP contribution in [-0.2, 0) is 25.6 Å². The van der Waals surface area contributed by atoms with Crippen LogP contribution in [0.5, 0.6) is 5.75 Å². The molecule has 43 heavy (non-hydrogen) atoms. The summed E-state index contributed by atoms with van der Waals surface area (Å²) in [6.07, 6.45) is -0.974. The van der Waals surface area contributed by atoms with Gasteiger partial charge in [0.05, 0.1) is 5.56 Å². The molecule has 1 unspecified atom stereocenters. The molecule has 1 aromatic heterocycles. The van der Waals surface area contributed by atoms with Gasteiger partial charge in [-0.2, -0.15) is 13.2 Å². The second-order valence-electron chi connectivity index (χ2n) is 9.96. The Kier molecular flexibility index (Phi) is 11.9. The standard InChI is InChI=1S/C32H28ClF3N2O3.2ClH/c33-26-18-22(20-10-12-24(13-11-20)32(34,35)36)8-9-23(26)19-41-30-7-2-1-4-21(30)16-17-37-27-5-3-6-28-25(27)14-15-29(38-28)31(39)40;;/h1-2,4,7-15,18,27,37H,3,5-6,16-17,19H2,(H,39,40);2*1H. The molecule has 228 valence electrons. The summed E-state index contributed by atoms with van der Waals surface area (Å²) >= 11 is 6.52. The molecule has 1 aliphatic carbocycles. The Balaban J connectivity index is 0.00000253. The molecule has 2 N–H and O–H groups in total. The van der Waals surface area contributed by atoms with Crippen molar-refractivity contribution in [1.29, 1.82) is 0 Å². The van der Waals surface area contributed by atoms with Crippen molar-refractivity contribution in [3.63, 3.8) is 0 Å². The van der Waals surface area contributed by atoms with E-state index in [-0.39, 0.29) is 43.2 Å². The number of hydrogen-bond donors (Lipinski definition) is 2. The molecule has 3 aromatic carbocycles. The van der Waals surface area contributed by atoms with Gasteiger partial charge in [0.1, 0.15) is 18.1 Å². The Morgan fingerprint density at radius 2 is 1.70 bits per heavy atom. The lowest BCUT2D eigenvalue weighted by atomic mass is 9.91. The zero-order valence-electron chi connectivity index (χ0n) is 22.9. The van der Waals surface area contributed by atoms with Crippen LogP contribution in [0.4, 0.5) is 13.2 Å². The van der Waals surface area contributed by atoms with E-state index in [9.17, 15) is 23.1 Å². The molecular weight excluding hydrogens is 624 g/mol. The summed E-state index contributed by atoms with van der Waals surface area (Å²) in [4.78, 5) is 15.6. The fourth-order valence-corrected chi connectivity index (χ4v) is 5.31. The number of nitrogens with zero attached hydrogens (tertiary/aromatic N) is 1. The molecule has 0 amide bonds. The van der Waals surface area contributed by atoms with Crippen molar-refractivity contribution in [1.82, 2.24) is 10.3 Å². The molecule has 1 aliphatic rings. The van der Waals surface area contributed by atoms with Gasteiger partial charge in [0.2, 0.25) is 0 Å². The number of aromatic carboxylic acids is 1. The van der Waals surface area contributed by atoms with Crippen LogP contribution in [0.1, 0.15) is 57.3 Å². The van der Waals surface area contributed by atoms with Gasteiger partial charge < -0.3 is 15.2 Å². The van der Waals surface area contributed by atoms with E-state index in [4.69, 9.17) is 16.3 Å². The summed E-state index contributed by atoms with van der Waals surface area (Å²) < 4.78 is 44.8. The maximum Gasteiger partial charge on any atom is 0.416 e. The maximum atomic E-state index is 12.9. The lowest BCUT2D eigenvalue weighted by molar-refractivity contribution is -0.137. The largest absolute Gasteiger partial charge is 0.489 e. The highest BCUT2D eigenvalue weighted by molar-refractivity contribution is 6.31. The lowest BCUT2D eigenvalue weighted by Gasteiger charge is -2.26. The Hall–Kier alpha value is -3.30. The number of para-hydroxylation sites is 1. The highest BCUT2D eigenvalue weighted by Crippen LogP contribution is 2.33. The average Bonchev–Trinajstić information content (AvgIpc) is 2.96. The monoisotopic (exact) mass is 652 g/mol. The van der Waals surface area contributed by atoms with E-state index in [1.165, 1.54) is 12.1 Å². The van der Waals surface area contributed by atoms with E-state index < -0.39 is 17.7 Å². The average molecular weight is 654 g/mol. The highest BCUT2D eigenvalue weighted by atomic mass is 35.5. The quantitative estimate of drug-likeness (QED) is 0.189. The number of benzene rings is 3. The van der Waals surface area contributed by atoms with Gasteiger partial charge in [0.15, 0.2) is 0 Å². The molecule has 1 atom stereocenters. The fraction of sp³-hybridized carbons (Fsp3) is 0.250. The number of nitrogens with one attached hydrogen (secondary N) is 1. The van der Waals surface area contributed by atoms with E-state index in [1.54, 1.807) is 12.1 Å². The number of ether oxygens (including phenoxy) is 1. The summed E-state index contributed by atoms with van der Waals surface area (Å²) in [7, 11) is 0. The van der Waals surface area contributed by atoms with Gasteiger partial charge in [-0.05, 0) is 84.8 Å². The second kappa shape index (κ2) is 14.9. The lowest BCUT2D eigenvalue weighted by Crippen LogP contribution is -2.28. The smallest absolute Gasteiger partial charge is 0.416 e. The van der Waals surface area contributed by atoms with Gasteiger partial charge in [-0.3, -0.25) is 0 Å². The molecule has 0 fully saturated rings. The van der Waals surface area contributed by atoms with E-state index >= 15 is 0 Å². The van der Waals surface area contributed by atoms with Crippen LogP contribution in [-0.4, -0.2) is 22.6 Å². The first kappa shape index (κ1) is 34.2. The second-order valence-corrected chi connectivity index (χ2v) is 10.4. The molecule has 0 radical (unpaired) electrons. The van der Waals surface area contributed by atoms with Gasteiger partial charge in [-0.15, -0.1) is 24.8 Å². The first-order chi connectivity index (χ1) is 19.7. The molecule has 0 saturated carbocycles. The molecule has 0 bridgehead atoms. The number of fused-ring (bicyclic) bond motifs is 1. The number of alkyl halides is 3. The number of carbonyl (C=O) groups is 1. The third-order valence-corrected chi connectivity index (χ3v) is 7.60. The number of pyridine rings is 1. The zero-order chi connectivity index (χ0) is 29.0. The number of hydrogen-bond acceptors (Lipinski definition) is 4. The SMILES string of the molecule is Cl.Cl.O=C(O)c1ccc2c(n1)CCCC2NCCc1ccccc1OCc1ccc(-c2ccc(C(F)(F)F)cc2)cc1Cl. The third-order valence-electron chi connectivity index (χ3n) is 7.25. The summed E-state index contributed by atoms with van der Waals surface area (Å²) in [5.74, 6) is -0.273. The number of carboxylic acids is 1. The van der Waals surface area contributed by atoms with Gasteiger partial charge in [0, 0.05) is 22.3 Å². The predicted octanol–water partition coefficient (Wildman–Crippen LogP) is 8.75. The van der Waals surface area contributed by atoms with Gasteiger partial charge in [-0.25, -0.2) is 9.78 Å². The molecule has 0 spiro atoms. The highest BCUT2D eigenvalue weighted by Gasteiger charge is 2.30. The first-order valence-electron chi connectivity index (χ1n) is 13.3. The summed E-state index contributed by atoms with van der Waals surface area (Å²) in [6, 6.07) is 21.7. The fourth-order valence-electron chi connectivity index (χ4n) is 5.07. The summed E-state index contributed by atoms with van der Waals surface area (Å²) in [6.45, 7) is 0.942. The molecule has 0 aliphatic heterocycles. The Bertz CT molecular complexity index is 1550. The minimum absolute atomic E-state index is 0. The molecule has 11 heteroatoms. The van der Waals surface area contributed by atoms with Crippen LogP contribution in [0.15, 0.2) is 78.9 Å². The molecule has 0 saturated heterocycles. The molecule has 4 aromatic rings. The zero-order valence-corrected chi connectivity index (χ0v) is 25.3. The minimum Gasteiger partial charge on any atom is -0.489 e. The van der Waals surface area contributed by atoms with Crippen molar-refractivity contribution >= 4 is 42.4 Å². The summed E-state index contributed by atoms with van der Waals surface area (Å²) in [5.41, 5.74) is 4.45. The molecule has 5 rings (SSSR count). The Morgan fingerprint density at radius 3 is 2.40 bits per heavy atom. The van der Waals surface area contributed by atoms with Crippen molar-refractivity contribution in [2.24, 2.45) is 0 Å². The van der Waals surface area contributed by atoms with E-state index in [2.05, 4.69) is 10.3 Å². The van der Waals surface area contributed by atoms with Crippen molar-refractivity contribution in [3.8, 4) is 16.9 Å². The number of aryl methyl sites for hydroxylation is 1. The minimum atomic E-state index is -4.38. The number of rotatable bonds is 9. The van der Waals surface area contributed by atoms with Crippen LogP contribution in [0, 0.1) is 0 Å². The van der Waals surface area contributed by atoms with Gasteiger partial charge >= 0.3 is 12.1 Å². The number of halogens is 6. The topological polar surface area (TPSA) is 71.5 Å². The van der Waals surface area contributed by atoms with Crippen LogP contribution >= 0.6 is 36.4 Å². The van der Waals surface area contributed by atoms with E-state index in [0.29, 0.717) is 17.1 Å². The normalized spacial score (nSPS) is 14.2. The van der Waals surface area contributed by atoms with Crippen LogP contribution < -0.4 is 10.1 Å². The maximum absolute atomic E-state index is 12.9. The molecule has 5 nitrogen and oxygen atoms in total. The first-order valence-corrected chi connectivity index (χ1v) is 13.7. The number of carboxylic acid groups (broad SMARTS) is 1. The molecular formula is C32H30Cl3F3N2O3. The Labute approximate surface area is 265 Å². The summed E-state index contributed by atoms with van der Waals surface area (Å²) in [5, 5.41) is 13.3. The third kappa shape index (κ3) is 8.42. The van der Waals surface area contributed by atoms with Crippen LogP contribution in [0.3, 0.4) is 0 Å². The van der Waals surface area contributed by atoms with E-state index in [1.807, 2.05) is 42.5 Å². The number of aromatic nitrogens is 1. The van der Waals surface area contributed by atoms with Crippen LogP contribution in [0.2, 0.25) is 5.02 Å².